The number of hydrogen-bond acceptors (Lipinski definition) is 5. The summed E-state index contributed by atoms with van der Waals surface area (Å²) >= 11 is 7.20. The summed E-state index contributed by atoms with van der Waals surface area (Å²) in [5.74, 6) is -1.62. The van der Waals surface area contributed by atoms with Crippen LogP contribution in [0.4, 0.5) is 11.5 Å². The van der Waals surface area contributed by atoms with Crippen molar-refractivity contribution >= 4 is 52.7 Å². The molecule has 1 heterocycles. The third kappa shape index (κ3) is 6.29. The van der Waals surface area contributed by atoms with E-state index in [1.807, 2.05) is 36.4 Å². The van der Waals surface area contributed by atoms with Crippen LogP contribution in [0.25, 0.3) is 0 Å². The number of halogens is 1. The van der Waals surface area contributed by atoms with Gasteiger partial charge in [-0.1, -0.05) is 60.1 Å². The molecule has 2 amide bonds. The first kappa shape index (κ1) is 25.0. The first-order valence-corrected chi connectivity index (χ1v) is 12.0. The van der Waals surface area contributed by atoms with Gasteiger partial charge in [0.1, 0.15) is 11.1 Å². The van der Waals surface area contributed by atoms with E-state index < -0.39 is 17.1 Å². The highest BCUT2D eigenvalue weighted by Gasteiger charge is 2.23. The van der Waals surface area contributed by atoms with Gasteiger partial charge in [-0.2, -0.15) is 0 Å². The maximum Gasteiger partial charge on any atom is 0.336 e. The highest BCUT2D eigenvalue weighted by atomic mass is 35.5. The Morgan fingerprint density at radius 2 is 1.56 bits per heavy atom. The molecule has 0 fully saturated rings. The molecule has 3 N–H and O–H groups in total. The molecule has 1 atom stereocenters. The van der Waals surface area contributed by atoms with E-state index in [1.54, 1.807) is 42.5 Å². The Balaban J connectivity index is 1.55. The second-order valence-corrected chi connectivity index (χ2v) is 9.21. The topological polar surface area (TPSA) is 108 Å². The lowest BCUT2D eigenvalue weighted by atomic mass is 10.1. The molecule has 4 rings (SSSR count). The van der Waals surface area contributed by atoms with Crippen LogP contribution in [0.3, 0.4) is 0 Å². The molecule has 3 aromatic carbocycles. The van der Waals surface area contributed by atoms with Crippen molar-refractivity contribution in [3.05, 3.63) is 119 Å². The minimum atomic E-state index is -1.18. The summed E-state index contributed by atoms with van der Waals surface area (Å²) in [5.41, 5.74) is 1.23. The highest BCUT2D eigenvalue weighted by Crippen LogP contribution is 2.37. The summed E-state index contributed by atoms with van der Waals surface area (Å²) in [6.07, 6.45) is 1.45. The second-order valence-electron chi connectivity index (χ2n) is 7.59. The Morgan fingerprint density at radius 3 is 2.25 bits per heavy atom. The number of carboxylic acids is 1. The maximum absolute atomic E-state index is 13.2. The van der Waals surface area contributed by atoms with Gasteiger partial charge in [-0.15, -0.1) is 11.8 Å². The zero-order valence-corrected chi connectivity index (χ0v) is 20.3. The lowest BCUT2D eigenvalue weighted by Gasteiger charge is -2.17. The molecule has 1 aromatic heterocycles. The van der Waals surface area contributed by atoms with Gasteiger partial charge in [0.25, 0.3) is 5.91 Å². The summed E-state index contributed by atoms with van der Waals surface area (Å²) in [5, 5.41) is 14.8. The number of hydrogen-bond donors (Lipinski definition) is 3. The van der Waals surface area contributed by atoms with Gasteiger partial charge in [-0.3, -0.25) is 9.59 Å². The number of thioether (sulfide) groups is 1. The largest absolute Gasteiger partial charge is 0.478 e. The number of carbonyl (C=O) groups excluding carboxylic acids is 2. The Labute approximate surface area is 216 Å². The number of anilines is 2. The average Bonchev–Trinajstić information content (AvgIpc) is 2.89. The number of nitrogens with one attached hydrogen (secondary N) is 2. The fourth-order valence-electron chi connectivity index (χ4n) is 3.39. The Kier molecular flexibility index (Phi) is 7.99. The number of carbonyl (C=O) groups is 3. The first-order chi connectivity index (χ1) is 17.4. The third-order valence-corrected chi connectivity index (χ3v) is 6.54. The third-order valence-electron chi connectivity index (χ3n) is 5.07. The molecule has 0 aliphatic rings. The van der Waals surface area contributed by atoms with Crippen LogP contribution in [0.15, 0.2) is 102 Å². The predicted molar refractivity (Wildman–Crippen MR) is 141 cm³/mol. The molecule has 0 spiro atoms. The predicted octanol–water partition coefficient (Wildman–Crippen LogP) is 6.16. The molecule has 4 aromatic rings. The van der Waals surface area contributed by atoms with Gasteiger partial charge in [-0.25, -0.2) is 9.78 Å². The van der Waals surface area contributed by atoms with Crippen LogP contribution in [0.1, 0.15) is 31.5 Å². The van der Waals surface area contributed by atoms with Gasteiger partial charge < -0.3 is 15.7 Å². The van der Waals surface area contributed by atoms with Crippen LogP contribution >= 0.6 is 23.4 Å². The molecule has 7 nitrogen and oxygen atoms in total. The molecule has 180 valence electrons. The minimum Gasteiger partial charge on any atom is -0.478 e. The molecule has 9 heteroatoms. The Morgan fingerprint density at radius 1 is 0.833 bits per heavy atom. The fraction of sp³-hybridized carbons (Fsp3) is 0.0370. The van der Waals surface area contributed by atoms with E-state index in [0.717, 1.165) is 10.5 Å². The van der Waals surface area contributed by atoms with E-state index in [-0.39, 0.29) is 17.0 Å². The molecule has 1 unspecified atom stereocenters. The molecule has 0 aliphatic carbocycles. The van der Waals surface area contributed by atoms with Crippen molar-refractivity contribution in [3.63, 3.8) is 0 Å². The number of amides is 2. The fourth-order valence-corrected chi connectivity index (χ4v) is 4.59. The summed E-state index contributed by atoms with van der Waals surface area (Å²) in [4.78, 5) is 42.3. The van der Waals surface area contributed by atoms with E-state index in [9.17, 15) is 19.5 Å². The molecule has 36 heavy (non-hydrogen) atoms. The number of aromatic carboxylic acids is 1. The van der Waals surface area contributed by atoms with Crippen LogP contribution in [0.5, 0.6) is 0 Å². The number of benzene rings is 3. The number of pyridine rings is 1. The number of aromatic nitrogens is 1. The van der Waals surface area contributed by atoms with Crippen LogP contribution in [-0.4, -0.2) is 27.9 Å². The lowest BCUT2D eigenvalue weighted by Crippen LogP contribution is -2.19. The average molecular weight is 518 g/mol. The van der Waals surface area contributed by atoms with Crippen molar-refractivity contribution in [2.75, 3.05) is 10.6 Å². The van der Waals surface area contributed by atoms with Gasteiger partial charge >= 0.3 is 5.97 Å². The van der Waals surface area contributed by atoms with Gasteiger partial charge in [0, 0.05) is 16.8 Å². The van der Waals surface area contributed by atoms with E-state index in [0.29, 0.717) is 16.5 Å². The standard InChI is InChI=1S/C27H20ClN3O4S/c28-18-13-14-23(29-16-18)31-26(33)24(17-7-2-1-3-8-17)36-20-10-6-9-19(15-20)30-25(32)21-11-4-5-12-22(21)27(34)35/h1-16,24H,(H,30,32)(H,34,35)(H,29,31,33). The highest BCUT2D eigenvalue weighted by molar-refractivity contribution is 8.00. The SMILES string of the molecule is O=C(O)c1ccccc1C(=O)Nc1cccc(SC(C(=O)Nc2ccc(Cl)cn2)c2ccccc2)c1. The van der Waals surface area contributed by atoms with Crippen molar-refractivity contribution < 1.29 is 19.5 Å². The lowest BCUT2D eigenvalue weighted by molar-refractivity contribution is -0.115. The zero-order chi connectivity index (χ0) is 25.5. The van der Waals surface area contributed by atoms with Crippen molar-refractivity contribution in [1.29, 1.82) is 0 Å². The molecule has 0 radical (unpaired) electrons. The van der Waals surface area contributed by atoms with E-state index >= 15 is 0 Å². The Bertz CT molecular complexity index is 1400. The summed E-state index contributed by atoms with van der Waals surface area (Å²) < 4.78 is 0. The molecular formula is C27H20ClN3O4S. The van der Waals surface area contributed by atoms with Gasteiger partial charge in [0.15, 0.2) is 0 Å². The summed E-state index contributed by atoms with van der Waals surface area (Å²) in [6.45, 7) is 0. The maximum atomic E-state index is 13.2. The van der Waals surface area contributed by atoms with Crippen molar-refractivity contribution in [1.82, 2.24) is 4.98 Å². The van der Waals surface area contributed by atoms with Crippen LogP contribution < -0.4 is 10.6 Å². The van der Waals surface area contributed by atoms with Crippen LogP contribution in [-0.2, 0) is 4.79 Å². The van der Waals surface area contributed by atoms with E-state index in [2.05, 4.69) is 15.6 Å². The number of rotatable bonds is 8. The van der Waals surface area contributed by atoms with Gasteiger partial charge in [-0.05, 0) is 48.0 Å². The monoisotopic (exact) mass is 517 g/mol. The smallest absolute Gasteiger partial charge is 0.336 e. The Hall–Kier alpha value is -4.14. The van der Waals surface area contributed by atoms with Gasteiger partial charge in [0.2, 0.25) is 5.91 Å². The van der Waals surface area contributed by atoms with E-state index in [4.69, 9.17) is 11.6 Å². The summed E-state index contributed by atoms with van der Waals surface area (Å²) in [7, 11) is 0. The summed E-state index contributed by atoms with van der Waals surface area (Å²) in [6, 6.07) is 25.6. The van der Waals surface area contributed by atoms with Crippen molar-refractivity contribution in [3.8, 4) is 0 Å². The second kappa shape index (κ2) is 11.5. The molecule has 0 saturated carbocycles. The number of carboxylic acid groups (broad SMARTS) is 1. The van der Waals surface area contributed by atoms with Crippen LogP contribution in [0.2, 0.25) is 5.02 Å². The molecule has 0 bridgehead atoms. The normalized spacial score (nSPS) is 11.4. The van der Waals surface area contributed by atoms with Crippen LogP contribution in [0, 0.1) is 0 Å². The molecule has 0 aliphatic heterocycles. The zero-order valence-electron chi connectivity index (χ0n) is 18.7. The van der Waals surface area contributed by atoms with Gasteiger partial charge in [0.05, 0.1) is 16.1 Å². The van der Waals surface area contributed by atoms with Crippen molar-refractivity contribution in [2.24, 2.45) is 0 Å². The molecule has 0 saturated heterocycles. The quantitative estimate of drug-likeness (QED) is 0.242. The number of nitrogens with zero attached hydrogens (tertiary/aromatic N) is 1. The minimum absolute atomic E-state index is 0.0556. The van der Waals surface area contributed by atoms with E-state index in [1.165, 1.54) is 30.1 Å². The van der Waals surface area contributed by atoms with Crippen molar-refractivity contribution in [2.45, 2.75) is 10.1 Å². The first-order valence-electron chi connectivity index (χ1n) is 10.8. The molecular weight excluding hydrogens is 498 g/mol.